The van der Waals surface area contributed by atoms with Crippen LogP contribution in [-0.2, 0) is 24.2 Å². The van der Waals surface area contributed by atoms with Gasteiger partial charge in [0.2, 0.25) is 0 Å². The Balaban J connectivity index is 1.47. The number of ether oxygens (including phenoxy) is 1. The quantitative estimate of drug-likeness (QED) is 0.276. The Kier molecular flexibility index (Phi) is 7.79. The molecule has 1 aliphatic rings. The molecule has 204 valence electrons. The van der Waals surface area contributed by atoms with Crippen LogP contribution in [0.2, 0.25) is 0 Å². The zero-order valence-corrected chi connectivity index (χ0v) is 22.7. The van der Waals surface area contributed by atoms with E-state index in [1.54, 1.807) is 0 Å². The fraction of sp³-hybridized carbons (Fsp3) is 0.312. The first-order chi connectivity index (χ1) is 19.6. The van der Waals surface area contributed by atoms with Crippen LogP contribution in [0.25, 0.3) is 10.9 Å². The van der Waals surface area contributed by atoms with E-state index in [1.165, 1.54) is 5.56 Å². The van der Waals surface area contributed by atoms with Gasteiger partial charge in [-0.1, -0.05) is 72.3 Å². The molecule has 2 atom stereocenters. The first-order valence-corrected chi connectivity index (χ1v) is 14.0. The number of tetrazole rings is 1. The lowest BCUT2D eigenvalue weighted by atomic mass is 10.0. The Morgan fingerprint density at radius 3 is 2.55 bits per heavy atom. The van der Waals surface area contributed by atoms with Gasteiger partial charge in [0.25, 0.3) is 5.56 Å². The molecule has 0 saturated carbocycles. The standard InChI is InChI=1S/C32H34N6O2/c1-23-14-15-29-26(19-23)20-28(32(39)33-29)30(31-34-35-36-38(31)22-27-13-8-18-40-27)37(21-25-11-6-3-7-12-25)17-16-24-9-4-2-5-10-24/h2-7,9-12,14-15,19-20,27,30H,8,13,16-18,21-22H2,1H3,(H,33,39)/t27-,30-/m1/s1. The minimum atomic E-state index is -0.464. The summed E-state index contributed by atoms with van der Waals surface area (Å²) in [4.78, 5) is 19.2. The Labute approximate surface area is 233 Å². The van der Waals surface area contributed by atoms with Gasteiger partial charge < -0.3 is 9.72 Å². The van der Waals surface area contributed by atoms with Crippen molar-refractivity contribution in [1.82, 2.24) is 30.1 Å². The van der Waals surface area contributed by atoms with Crippen molar-refractivity contribution in [1.29, 1.82) is 0 Å². The van der Waals surface area contributed by atoms with Crippen LogP contribution in [0.4, 0.5) is 0 Å². The zero-order valence-electron chi connectivity index (χ0n) is 22.7. The Bertz CT molecular complexity index is 1610. The minimum absolute atomic E-state index is 0.0623. The van der Waals surface area contributed by atoms with E-state index in [9.17, 15) is 4.79 Å². The summed E-state index contributed by atoms with van der Waals surface area (Å²) in [5.74, 6) is 0.650. The van der Waals surface area contributed by atoms with Crippen molar-refractivity contribution >= 4 is 10.9 Å². The van der Waals surface area contributed by atoms with Crippen molar-refractivity contribution in [3.8, 4) is 0 Å². The average Bonchev–Trinajstić information content (AvgIpc) is 3.66. The van der Waals surface area contributed by atoms with Crippen LogP contribution in [0.15, 0.2) is 89.7 Å². The second kappa shape index (κ2) is 11.9. The molecular weight excluding hydrogens is 500 g/mol. The highest BCUT2D eigenvalue weighted by Gasteiger charge is 2.32. The number of aromatic amines is 1. The summed E-state index contributed by atoms with van der Waals surface area (Å²) >= 11 is 0. The largest absolute Gasteiger partial charge is 0.376 e. The summed E-state index contributed by atoms with van der Waals surface area (Å²) in [7, 11) is 0. The third-order valence-electron chi connectivity index (χ3n) is 7.65. The van der Waals surface area contributed by atoms with Crippen LogP contribution in [0.3, 0.4) is 0 Å². The van der Waals surface area contributed by atoms with Crippen molar-refractivity contribution < 1.29 is 4.74 Å². The zero-order chi connectivity index (χ0) is 27.3. The molecule has 1 saturated heterocycles. The number of nitrogens with one attached hydrogen (secondary N) is 1. The van der Waals surface area contributed by atoms with Gasteiger partial charge in [-0.2, -0.15) is 0 Å². The molecule has 3 heterocycles. The monoisotopic (exact) mass is 534 g/mol. The van der Waals surface area contributed by atoms with Crippen LogP contribution in [-0.4, -0.2) is 49.3 Å². The average molecular weight is 535 g/mol. The lowest BCUT2D eigenvalue weighted by Crippen LogP contribution is -2.37. The molecule has 0 spiro atoms. The van der Waals surface area contributed by atoms with Gasteiger partial charge in [0.05, 0.1) is 12.6 Å². The van der Waals surface area contributed by atoms with Crippen LogP contribution in [0.1, 0.15) is 47.0 Å². The van der Waals surface area contributed by atoms with Crippen LogP contribution >= 0.6 is 0 Å². The summed E-state index contributed by atoms with van der Waals surface area (Å²) in [6, 6.07) is 28.4. The molecule has 0 unspecified atom stereocenters. The molecule has 6 rings (SSSR count). The van der Waals surface area contributed by atoms with E-state index in [0.29, 0.717) is 31.0 Å². The van der Waals surface area contributed by atoms with Gasteiger partial charge in [-0.25, -0.2) is 4.68 Å². The summed E-state index contributed by atoms with van der Waals surface area (Å²) in [6.07, 6.45) is 2.89. The maximum Gasteiger partial charge on any atom is 0.253 e. The lowest BCUT2D eigenvalue weighted by molar-refractivity contribution is 0.0906. The van der Waals surface area contributed by atoms with E-state index in [-0.39, 0.29) is 11.7 Å². The predicted octanol–water partition coefficient (Wildman–Crippen LogP) is 4.84. The molecular formula is C32H34N6O2. The number of rotatable bonds is 10. The first-order valence-electron chi connectivity index (χ1n) is 14.0. The summed E-state index contributed by atoms with van der Waals surface area (Å²) in [6.45, 7) is 4.72. The number of aryl methyl sites for hydroxylation is 1. The molecule has 1 aliphatic heterocycles. The Morgan fingerprint density at radius 1 is 1.02 bits per heavy atom. The number of pyridine rings is 1. The number of benzene rings is 3. The predicted molar refractivity (Wildman–Crippen MR) is 155 cm³/mol. The van der Waals surface area contributed by atoms with E-state index < -0.39 is 6.04 Å². The van der Waals surface area contributed by atoms with E-state index in [0.717, 1.165) is 47.9 Å². The van der Waals surface area contributed by atoms with Crippen molar-refractivity contribution in [3.63, 3.8) is 0 Å². The van der Waals surface area contributed by atoms with Gasteiger partial charge >= 0.3 is 0 Å². The van der Waals surface area contributed by atoms with Gasteiger partial charge in [0.1, 0.15) is 6.04 Å². The molecule has 0 radical (unpaired) electrons. The molecule has 0 bridgehead atoms. The van der Waals surface area contributed by atoms with Gasteiger partial charge in [0, 0.05) is 30.8 Å². The molecule has 8 heteroatoms. The van der Waals surface area contributed by atoms with Crippen LogP contribution < -0.4 is 5.56 Å². The van der Waals surface area contributed by atoms with Crippen molar-refractivity contribution in [3.05, 3.63) is 123 Å². The van der Waals surface area contributed by atoms with E-state index in [2.05, 4.69) is 74.8 Å². The molecule has 0 aliphatic carbocycles. The van der Waals surface area contributed by atoms with Gasteiger partial charge in [0.15, 0.2) is 5.82 Å². The lowest BCUT2D eigenvalue weighted by Gasteiger charge is -2.31. The highest BCUT2D eigenvalue weighted by atomic mass is 16.5. The SMILES string of the molecule is Cc1ccc2[nH]c(=O)c([C@H](c3nnnn3C[C@H]3CCCO3)N(CCc3ccccc3)Cc3ccccc3)cc2c1. The van der Waals surface area contributed by atoms with E-state index in [4.69, 9.17) is 4.74 Å². The molecule has 3 aromatic carbocycles. The first kappa shape index (κ1) is 26.1. The molecule has 1 N–H and O–H groups in total. The minimum Gasteiger partial charge on any atom is -0.376 e. The fourth-order valence-corrected chi connectivity index (χ4v) is 5.60. The molecule has 1 fully saturated rings. The Hall–Kier alpha value is -4.14. The third kappa shape index (κ3) is 5.88. The van der Waals surface area contributed by atoms with Crippen LogP contribution in [0.5, 0.6) is 0 Å². The van der Waals surface area contributed by atoms with E-state index in [1.807, 2.05) is 47.1 Å². The highest BCUT2D eigenvalue weighted by molar-refractivity contribution is 5.79. The maximum atomic E-state index is 13.8. The third-order valence-corrected chi connectivity index (χ3v) is 7.65. The molecule has 0 amide bonds. The number of fused-ring (bicyclic) bond motifs is 1. The molecule has 40 heavy (non-hydrogen) atoms. The second-order valence-corrected chi connectivity index (χ2v) is 10.6. The highest BCUT2D eigenvalue weighted by Crippen LogP contribution is 2.29. The Morgan fingerprint density at radius 2 is 1.80 bits per heavy atom. The number of hydrogen-bond acceptors (Lipinski definition) is 6. The smallest absolute Gasteiger partial charge is 0.253 e. The molecule has 2 aromatic heterocycles. The molecule has 8 nitrogen and oxygen atoms in total. The van der Waals surface area contributed by atoms with Crippen LogP contribution in [0, 0.1) is 6.92 Å². The van der Waals surface area contributed by atoms with Crippen molar-refractivity contribution in [2.75, 3.05) is 13.2 Å². The second-order valence-electron chi connectivity index (χ2n) is 10.6. The summed E-state index contributed by atoms with van der Waals surface area (Å²) < 4.78 is 7.76. The number of H-pyrrole nitrogens is 1. The van der Waals surface area contributed by atoms with Gasteiger partial charge in [-0.15, -0.1) is 5.10 Å². The van der Waals surface area contributed by atoms with Crippen molar-refractivity contribution in [2.24, 2.45) is 0 Å². The maximum absolute atomic E-state index is 13.8. The fourth-order valence-electron chi connectivity index (χ4n) is 5.60. The van der Waals surface area contributed by atoms with E-state index >= 15 is 0 Å². The topological polar surface area (TPSA) is 88.9 Å². The molecule has 5 aromatic rings. The number of hydrogen-bond donors (Lipinski definition) is 1. The number of aromatic nitrogens is 5. The van der Waals surface area contributed by atoms with Gasteiger partial charge in [-0.05, 0) is 71.3 Å². The normalized spacial score (nSPS) is 16.1. The van der Waals surface area contributed by atoms with Gasteiger partial charge in [-0.3, -0.25) is 9.69 Å². The summed E-state index contributed by atoms with van der Waals surface area (Å²) in [5.41, 5.74) is 4.84. The number of nitrogens with zero attached hydrogens (tertiary/aromatic N) is 5. The summed E-state index contributed by atoms with van der Waals surface area (Å²) in [5, 5.41) is 14.0. The van der Waals surface area contributed by atoms with Crippen molar-refractivity contribution in [2.45, 2.75) is 51.4 Å².